The van der Waals surface area contributed by atoms with Gasteiger partial charge in [-0.25, -0.2) is 4.79 Å². The molecule has 0 bridgehead atoms. The normalized spacial score (nSPS) is 25.8. The van der Waals surface area contributed by atoms with Crippen LogP contribution in [0.4, 0.5) is 4.79 Å². The number of thioether (sulfide) groups is 1. The van der Waals surface area contributed by atoms with Crippen LogP contribution in [0.15, 0.2) is 0 Å². The van der Waals surface area contributed by atoms with Crippen molar-refractivity contribution in [3.8, 4) is 0 Å². The highest BCUT2D eigenvalue weighted by molar-refractivity contribution is 7.99. The Morgan fingerprint density at radius 3 is 2.40 bits per heavy atom. The van der Waals surface area contributed by atoms with Gasteiger partial charge in [-0.3, -0.25) is 4.79 Å². The van der Waals surface area contributed by atoms with Gasteiger partial charge >= 0.3 is 12.1 Å². The van der Waals surface area contributed by atoms with E-state index in [9.17, 15) is 14.7 Å². The van der Waals surface area contributed by atoms with Gasteiger partial charge in [0.05, 0.1) is 5.92 Å². The van der Waals surface area contributed by atoms with Crippen LogP contribution < -0.4 is 0 Å². The second kappa shape index (κ2) is 5.47. The fraction of sp³-hybridized carbons (Fsp3) is 0.857. The number of piperidine rings is 1. The molecule has 2 aliphatic heterocycles. The van der Waals surface area contributed by atoms with Crippen molar-refractivity contribution in [2.75, 3.05) is 24.6 Å². The lowest BCUT2D eigenvalue weighted by Crippen LogP contribution is -2.48. The minimum absolute atomic E-state index is 0.130. The Morgan fingerprint density at radius 1 is 1.30 bits per heavy atom. The van der Waals surface area contributed by atoms with E-state index in [1.807, 2.05) is 20.8 Å². The molecule has 2 rings (SSSR count). The second-order valence-corrected chi connectivity index (χ2v) is 7.77. The molecular formula is C14H23NO4S. The Bertz CT molecular complexity index is 396. The number of carboxylic acids is 1. The lowest BCUT2D eigenvalue weighted by Gasteiger charge is -2.41. The van der Waals surface area contributed by atoms with Crippen LogP contribution >= 0.6 is 11.8 Å². The largest absolute Gasteiger partial charge is 0.481 e. The number of carbonyl (C=O) groups excluding carboxylic acids is 1. The molecule has 0 radical (unpaired) electrons. The average molecular weight is 301 g/mol. The molecule has 1 unspecified atom stereocenters. The number of hydrogen-bond donors (Lipinski definition) is 1. The van der Waals surface area contributed by atoms with Crippen molar-refractivity contribution >= 4 is 23.8 Å². The van der Waals surface area contributed by atoms with Gasteiger partial charge in [0.15, 0.2) is 0 Å². The highest BCUT2D eigenvalue weighted by Gasteiger charge is 2.49. The average Bonchev–Trinajstić information content (AvgIpc) is 2.71. The SMILES string of the molecule is CC(C)(C)OC(=O)N1CCC2(CC1)CSCC2C(=O)O. The molecule has 1 spiro atoms. The Kier molecular flexibility index (Phi) is 4.23. The summed E-state index contributed by atoms with van der Waals surface area (Å²) in [6.45, 7) is 6.75. The molecule has 114 valence electrons. The quantitative estimate of drug-likeness (QED) is 0.806. The molecule has 5 nitrogen and oxygen atoms in total. The minimum atomic E-state index is -0.694. The Labute approximate surface area is 124 Å². The van der Waals surface area contributed by atoms with Crippen LogP contribution in [0.2, 0.25) is 0 Å². The van der Waals surface area contributed by atoms with Crippen LogP contribution in [0.5, 0.6) is 0 Å². The van der Waals surface area contributed by atoms with E-state index in [4.69, 9.17) is 4.74 Å². The van der Waals surface area contributed by atoms with Gasteiger partial charge < -0.3 is 14.7 Å². The summed E-state index contributed by atoms with van der Waals surface area (Å²) < 4.78 is 5.37. The zero-order valence-corrected chi connectivity index (χ0v) is 13.2. The zero-order valence-electron chi connectivity index (χ0n) is 12.3. The van der Waals surface area contributed by atoms with Gasteiger partial charge in [0, 0.05) is 18.8 Å². The summed E-state index contributed by atoms with van der Waals surface area (Å²) in [6.07, 6.45) is 1.23. The minimum Gasteiger partial charge on any atom is -0.481 e. The Balaban J connectivity index is 1.95. The molecule has 0 saturated carbocycles. The molecule has 2 heterocycles. The lowest BCUT2D eigenvalue weighted by atomic mass is 9.71. The fourth-order valence-electron chi connectivity index (χ4n) is 2.94. The van der Waals surface area contributed by atoms with Crippen molar-refractivity contribution < 1.29 is 19.4 Å². The molecule has 0 aliphatic carbocycles. The first kappa shape index (κ1) is 15.5. The number of likely N-dealkylation sites (tertiary alicyclic amines) is 1. The fourth-order valence-corrected chi connectivity index (χ4v) is 4.69. The lowest BCUT2D eigenvalue weighted by molar-refractivity contribution is -0.145. The number of hydrogen-bond acceptors (Lipinski definition) is 4. The van der Waals surface area contributed by atoms with Crippen LogP contribution in [0.1, 0.15) is 33.6 Å². The predicted molar refractivity (Wildman–Crippen MR) is 77.9 cm³/mol. The molecule has 0 aromatic heterocycles. The van der Waals surface area contributed by atoms with E-state index in [0.717, 1.165) is 18.6 Å². The number of rotatable bonds is 1. The maximum atomic E-state index is 12.0. The molecule has 2 saturated heterocycles. The molecular weight excluding hydrogens is 278 g/mol. The number of carboxylic acid groups (broad SMARTS) is 1. The standard InChI is InChI=1S/C14H23NO4S/c1-13(2,3)19-12(18)15-6-4-14(5-7-15)9-20-8-10(14)11(16)17/h10H,4-9H2,1-3H3,(H,16,17). The first-order valence-electron chi connectivity index (χ1n) is 7.02. The summed E-state index contributed by atoms with van der Waals surface area (Å²) in [5.74, 6) is 0.627. The second-order valence-electron chi connectivity index (χ2n) is 6.74. The van der Waals surface area contributed by atoms with Crippen molar-refractivity contribution in [2.24, 2.45) is 11.3 Å². The molecule has 1 amide bonds. The van der Waals surface area contributed by atoms with Crippen LogP contribution in [0.3, 0.4) is 0 Å². The number of amides is 1. The van der Waals surface area contributed by atoms with Crippen LogP contribution in [-0.2, 0) is 9.53 Å². The molecule has 1 atom stereocenters. The van der Waals surface area contributed by atoms with Gasteiger partial charge in [-0.2, -0.15) is 11.8 Å². The molecule has 6 heteroatoms. The first-order valence-corrected chi connectivity index (χ1v) is 8.17. The van der Waals surface area contributed by atoms with E-state index < -0.39 is 11.6 Å². The van der Waals surface area contributed by atoms with Crippen LogP contribution in [0, 0.1) is 11.3 Å². The van der Waals surface area contributed by atoms with E-state index >= 15 is 0 Å². The number of aliphatic carboxylic acids is 1. The molecule has 2 aliphatic rings. The first-order chi connectivity index (χ1) is 9.23. The van der Waals surface area contributed by atoms with Crippen LogP contribution in [-0.4, -0.2) is 52.3 Å². The predicted octanol–water partition coefficient (Wildman–Crippen LogP) is 2.45. The van der Waals surface area contributed by atoms with E-state index in [2.05, 4.69) is 0 Å². The van der Waals surface area contributed by atoms with Gasteiger partial charge in [-0.1, -0.05) is 0 Å². The third-order valence-corrected chi connectivity index (χ3v) is 5.47. The summed E-state index contributed by atoms with van der Waals surface area (Å²) in [7, 11) is 0. The zero-order chi connectivity index (χ0) is 15.0. The number of carbonyl (C=O) groups is 2. The maximum Gasteiger partial charge on any atom is 0.410 e. The molecule has 0 aromatic rings. The summed E-state index contributed by atoms with van der Waals surface area (Å²) in [5, 5.41) is 9.34. The van der Waals surface area contributed by atoms with Crippen LogP contribution in [0.25, 0.3) is 0 Å². The van der Waals surface area contributed by atoms with Crippen molar-refractivity contribution in [3.63, 3.8) is 0 Å². The molecule has 20 heavy (non-hydrogen) atoms. The van der Waals surface area contributed by atoms with Crippen molar-refractivity contribution in [3.05, 3.63) is 0 Å². The number of ether oxygens (including phenoxy) is 1. The summed E-state index contributed by atoms with van der Waals surface area (Å²) in [4.78, 5) is 25.1. The number of nitrogens with zero attached hydrogens (tertiary/aromatic N) is 1. The molecule has 2 fully saturated rings. The third-order valence-electron chi connectivity index (χ3n) is 4.12. The van der Waals surface area contributed by atoms with E-state index in [1.165, 1.54) is 0 Å². The van der Waals surface area contributed by atoms with Gasteiger partial charge in [0.1, 0.15) is 5.60 Å². The van der Waals surface area contributed by atoms with Crippen molar-refractivity contribution in [2.45, 2.75) is 39.2 Å². The monoisotopic (exact) mass is 301 g/mol. The summed E-state index contributed by atoms with van der Waals surface area (Å²) in [5.41, 5.74) is -0.617. The maximum absolute atomic E-state index is 12.0. The van der Waals surface area contributed by atoms with E-state index in [1.54, 1.807) is 16.7 Å². The Morgan fingerprint density at radius 2 is 1.90 bits per heavy atom. The molecule has 0 aromatic carbocycles. The molecule has 1 N–H and O–H groups in total. The smallest absolute Gasteiger partial charge is 0.410 e. The van der Waals surface area contributed by atoms with Crippen molar-refractivity contribution in [1.82, 2.24) is 4.90 Å². The van der Waals surface area contributed by atoms with E-state index in [0.29, 0.717) is 18.8 Å². The summed E-state index contributed by atoms with van der Waals surface area (Å²) >= 11 is 1.72. The van der Waals surface area contributed by atoms with Crippen molar-refractivity contribution in [1.29, 1.82) is 0 Å². The Hall–Kier alpha value is -0.910. The summed E-state index contributed by atoms with van der Waals surface area (Å²) in [6, 6.07) is 0. The van der Waals surface area contributed by atoms with Gasteiger partial charge in [-0.05, 0) is 44.8 Å². The van der Waals surface area contributed by atoms with Gasteiger partial charge in [0.25, 0.3) is 0 Å². The highest BCUT2D eigenvalue weighted by Crippen LogP contribution is 2.48. The topological polar surface area (TPSA) is 66.8 Å². The van der Waals surface area contributed by atoms with E-state index in [-0.39, 0.29) is 17.4 Å². The highest BCUT2D eigenvalue weighted by atomic mass is 32.2. The third kappa shape index (κ3) is 3.22. The van der Waals surface area contributed by atoms with Gasteiger partial charge in [-0.15, -0.1) is 0 Å². The van der Waals surface area contributed by atoms with Gasteiger partial charge in [0.2, 0.25) is 0 Å².